The fraction of sp³-hybridized carbons (Fsp3) is 0.538. The van der Waals surface area contributed by atoms with Crippen LogP contribution in [0, 0.1) is 5.92 Å². The van der Waals surface area contributed by atoms with Gasteiger partial charge in [-0.15, -0.1) is 10.2 Å². The summed E-state index contributed by atoms with van der Waals surface area (Å²) in [4.78, 5) is 17.9. The fourth-order valence-corrected chi connectivity index (χ4v) is 2.36. The van der Waals surface area contributed by atoms with E-state index in [0.29, 0.717) is 34.4 Å². The molecular weight excluding hydrogens is 292 g/mol. The molecule has 0 aliphatic rings. The molecule has 0 spiro atoms. The minimum Gasteiger partial charge on any atom is -0.480 e. The van der Waals surface area contributed by atoms with Gasteiger partial charge < -0.3 is 14.1 Å². The summed E-state index contributed by atoms with van der Waals surface area (Å²) in [5, 5.41) is 8.46. The topological polar surface area (TPSA) is 93.9 Å². The average Bonchev–Trinajstić information content (AvgIpc) is 2.91. The lowest BCUT2D eigenvalue weighted by Crippen LogP contribution is -2.10. The molecule has 0 saturated carbocycles. The Labute approximate surface area is 126 Å². The van der Waals surface area contributed by atoms with Crippen molar-refractivity contribution >= 4 is 11.8 Å². The highest BCUT2D eigenvalue weighted by Gasteiger charge is 2.11. The minimum absolute atomic E-state index is 0.269. The molecular formula is C13H18N4O3S. The SMILES string of the molecule is COc1ncc(=O)[nH]c1CSc1nnc(CCC(C)C)o1. The first kappa shape index (κ1) is 15.6. The van der Waals surface area contributed by atoms with Crippen LogP contribution >= 0.6 is 11.8 Å². The van der Waals surface area contributed by atoms with E-state index >= 15 is 0 Å². The van der Waals surface area contributed by atoms with Crippen LogP contribution in [-0.4, -0.2) is 27.3 Å². The zero-order valence-electron chi connectivity index (χ0n) is 12.3. The molecule has 2 heterocycles. The van der Waals surface area contributed by atoms with Crippen molar-refractivity contribution in [2.45, 2.75) is 37.7 Å². The highest BCUT2D eigenvalue weighted by molar-refractivity contribution is 7.98. The van der Waals surface area contributed by atoms with Crippen LogP contribution in [0.1, 0.15) is 31.9 Å². The molecule has 8 heteroatoms. The number of nitrogens with one attached hydrogen (secondary N) is 1. The molecule has 0 fully saturated rings. The Morgan fingerprint density at radius 3 is 2.95 bits per heavy atom. The fourth-order valence-electron chi connectivity index (χ4n) is 1.65. The van der Waals surface area contributed by atoms with E-state index in [2.05, 4.69) is 34.0 Å². The van der Waals surface area contributed by atoms with Gasteiger partial charge >= 0.3 is 0 Å². The van der Waals surface area contributed by atoms with Crippen LogP contribution in [0.2, 0.25) is 0 Å². The Kier molecular flexibility index (Phi) is 5.38. The molecule has 0 radical (unpaired) electrons. The van der Waals surface area contributed by atoms with Gasteiger partial charge in [-0.05, 0) is 12.3 Å². The first-order chi connectivity index (χ1) is 10.1. The third-order valence-corrected chi connectivity index (χ3v) is 3.59. The number of H-pyrrole nitrogens is 1. The molecule has 2 aromatic heterocycles. The lowest BCUT2D eigenvalue weighted by molar-refractivity contribution is 0.390. The first-order valence-electron chi connectivity index (χ1n) is 6.66. The van der Waals surface area contributed by atoms with Crippen LogP contribution < -0.4 is 10.3 Å². The molecule has 21 heavy (non-hydrogen) atoms. The molecule has 114 valence electrons. The number of aromatic amines is 1. The van der Waals surface area contributed by atoms with Crippen LogP contribution in [0.3, 0.4) is 0 Å². The number of ether oxygens (including phenoxy) is 1. The highest BCUT2D eigenvalue weighted by Crippen LogP contribution is 2.24. The number of nitrogens with zero attached hydrogens (tertiary/aromatic N) is 3. The maximum atomic E-state index is 11.3. The van der Waals surface area contributed by atoms with E-state index in [-0.39, 0.29) is 5.56 Å². The molecule has 1 N–H and O–H groups in total. The maximum absolute atomic E-state index is 11.3. The average molecular weight is 310 g/mol. The van der Waals surface area contributed by atoms with Gasteiger partial charge in [0.15, 0.2) is 0 Å². The predicted octanol–water partition coefficient (Wildman–Crippen LogP) is 2.04. The predicted molar refractivity (Wildman–Crippen MR) is 78.4 cm³/mol. The van der Waals surface area contributed by atoms with E-state index in [1.54, 1.807) is 0 Å². The zero-order chi connectivity index (χ0) is 15.2. The van der Waals surface area contributed by atoms with Crippen molar-refractivity contribution in [2.24, 2.45) is 5.92 Å². The Bertz CT molecular complexity index is 638. The largest absolute Gasteiger partial charge is 0.480 e. The smallest absolute Gasteiger partial charge is 0.276 e. The number of aryl methyl sites for hydroxylation is 1. The second kappa shape index (κ2) is 7.26. The van der Waals surface area contributed by atoms with Gasteiger partial charge in [-0.1, -0.05) is 25.6 Å². The van der Waals surface area contributed by atoms with Crippen LogP contribution in [0.25, 0.3) is 0 Å². The van der Waals surface area contributed by atoms with E-state index in [9.17, 15) is 4.79 Å². The van der Waals surface area contributed by atoms with Gasteiger partial charge in [-0.3, -0.25) is 4.79 Å². The van der Waals surface area contributed by atoms with E-state index in [1.165, 1.54) is 25.1 Å². The van der Waals surface area contributed by atoms with Gasteiger partial charge in [-0.2, -0.15) is 0 Å². The van der Waals surface area contributed by atoms with E-state index in [0.717, 1.165) is 12.8 Å². The molecule has 0 saturated heterocycles. The van der Waals surface area contributed by atoms with Gasteiger partial charge in [0.2, 0.25) is 11.8 Å². The van der Waals surface area contributed by atoms with Crippen molar-refractivity contribution in [1.29, 1.82) is 0 Å². The lowest BCUT2D eigenvalue weighted by atomic mass is 10.1. The third-order valence-electron chi connectivity index (χ3n) is 2.75. The van der Waals surface area contributed by atoms with Crippen molar-refractivity contribution in [3.05, 3.63) is 28.1 Å². The molecule has 0 atom stereocenters. The van der Waals surface area contributed by atoms with Crippen LogP contribution in [-0.2, 0) is 12.2 Å². The third kappa shape index (κ3) is 4.59. The maximum Gasteiger partial charge on any atom is 0.276 e. The molecule has 0 aromatic carbocycles. The summed E-state index contributed by atoms with van der Waals surface area (Å²) in [6.45, 7) is 4.30. The number of aromatic nitrogens is 4. The second-order valence-corrected chi connectivity index (χ2v) is 5.84. The Morgan fingerprint density at radius 2 is 2.24 bits per heavy atom. The summed E-state index contributed by atoms with van der Waals surface area (Å²) < 4.78 is 10.6. The normalized spacial score (nSPS) is 11.0. The van der Waals surface area contributed by atoms with Gasteiger partial charge in [0.05, 0.1) is 19.0 Å². The highest BCUT2D eigenvalue weighted by atomic mass is 32.2. The van der Waals surface area contributed by atoms with Crippen molar-refractivity contribution < 1.29 is 9.15 Å². The van der Waals surface area contributed by atoms with Crippen molar-refractivity contribution in [2.75, 3.05) is 7.11 Å². The van der Waals surface area contributed by atoms with Gasteiger partial charge in [0.25, 0.3) is 10.8 Å². The molecule has 0 unspecified atom stereocenters. The van der Waals surface area contributed by atoms with Crippen LogP contribution in [0.15, 0.2) is 20.6 Å². The van der Waals surface area contributed by atoms with E-state index in [4.69, 9.17) is 9.15 Å². The number of rotatable bonds is 7. The first-order valence-corrected chi connectivity index (χ1v) is 7.64. The molecule has 7 nitrogen and oxygen atoms in total. The quantitative estimate of drug-likeness (QED) is 0.782. The summed E-state index contributed by atoms with van der Waals surface area (Å²) in [5.41, 5.74) is 0.325. The lowest BCUT2D eigenvalue weighted by Gasteiger charge is -2.04. The molecule has 2 rings (SSSR count). The standard InChI is InChI=1S/C13H18N4O3S/c1-8(2)4-5-11-16-17-13(20-11)21-7-9-12(19-3)14-6-10(18)15-9/h6,8H,4-5,7H2,1-3H3,(H,15,18). The van der Waals surface area contributed by atoms with Crippen LogP contribution in [0.4, 0.5) is 0 Å². The molecule has 0 amide bonds. The molecule has 0 bridgehead atoms. The second-order valence-electron chi connectivity index (χ2n) is 4.92. The molecule has 0 aliphatic heterocycles. The Balaban J connectivity index is 1.97. The number of thioether (sulfide) groups is 1. The number of hydrogen-bond acceptors (Lipinski definition) is 7. The van der Waals surface area contributed by atoms with E-state index in [1.807, 2.05) is 0 Å². The Morgan fingerprint density at radius 1 is 1.43 bits per heavy atom. The minimum atomic E-state index is -0.269. The van der Waals surface area contributed by atoms with Gasteiger partial charge in [0.1, 0.15) is 0 Å². The van der Waals surface area contributed by atoms with Crippen molar-refractivity contribution in [3.63, 3.8) is 0 Å². The summed E-state index contributed by atoms with van der Waals surface area (Å²) in [6.07, 6.45) is 2.97. The number of methoxy groups -OCH3 is 1. The van der Waals surface area contributed by atoms with Crippen molar-refractivity contribution in [3.8, 4) is 5.88 Å². The zero-order valence-corrected chi connectivity index (χ0v) is 13.1. The molecule has 2 aromatic rings. The van der Waals surface area contributed by atoms with Gasteiger partial charge in [0, 0.05) is 12.2 Å². The molecule has 0 aliphatic carbocycles. The van der Waals surface area contributed by atoms with Gasteiger partial charge in [-0.25, -0.2) is 4.98 Å². The summed E-state index contributed by atoms with van der Waals surface area (Å²) in [6, 6.07) is 0. The van der Waals surface area contributed by atoms with Crippen LogP contribution in [0.5, 0.6) is 5.88 Å². The van der Waals surface area contributed by atoms with Crippen molar-refractivity contribution in [1.82, 2.24) is 20.2 Å². The van der Waals surface area contributed by atoms with E-state index < -0.39 is 0 Å². The summed E-state index contributed by atoms with van der Waals surface area (Å²) in [5.74, 6) is 2.06. The summed E-state index contributed by atoms with van der Waals surface area (Å²) in [7, 11) is 1.51. The monoisotopic (exact) mass is 310 g/mol. The number of hydrogen-bond donors (Lipinski definition) is 1. The Hall–Kier alpha value is -1.83. The summed E-state index contributed by atoms with van der Waals surface area (Å²) >= 11 is 1.34.